The lowest BCUT2D eigenvalue weighted by atomic mass is 9.98. The van der Waals surface area contributed by atoms with Crippen molar-refractivity contribution in [2.45, 2.75) is 353 Å². The molecule has 79 heavy (non-hydrogen) atoms. The summed E-state index contributed by atoms with van der Waals surface area (Å²) < 4.78 is 28.5. The Morgan fingerprint density at radius 1 is 0.405 bits per heavy atom. The van der Waals surface area contributed by atoms with Gasteiger partial charge in [-0.05, 0) is 96.3 Å². The zero-order chi connectivity index (χ0) is 57.5. The Hall–Kier alpha value is -3.06. The van der Waals surface area contributed by atoms with Crippen molar-refractivity contribution < 1.29 is 58.2 Å². The van der Waals surface area contributed by atoms with Gasteiger partial charge in [0.15, 0.2) is 24.6 Å². The highest BCUT2D eigenvalue weighted by Gasteiger charge is 2.50. The molecule has 1 aliphatic rings. The van der Waals surface area contributed by atoms with Gasteiger partial charge in [0.25, 0.3) is 0 Å². The second-order valence-electron chi connectivity index (χ2n) is 22.7. The molecule has 1 heterocycles. The summed E-state index contributed by atoms with van der Waals surface area (Å²) in [6, 6.07) is 0. The summed E-state index contributed by atoms with van der Waals surface area (Å²) in [6.45, 7) is 6.01. The van der Waals surface area contributed by atoms with E-state index in [1.165, 1.54) is 161 Å². The number of hydrogen-bond donors (Lipinski definition) is 3. The third kappa shape index (κ3) is 45.2. The van der Waals surface area contributed by atoms with Gasteiger partial charge in [0, 0.05) is 19.3 Å². The Balaban J connectivity index is 2.65. The smallest absolute Gasteiger partial charge is 0.335 e. The lowest BCUT2D eigenvalue weighted by Gasteiger charge is -2.40. The molecule has 1 saturated heterocycles. The number of carboxylic acids is 1. The van der Waals surface area contributed by atoms with Gasteiger partial charge in [0.1, 0.15) is 18.8 Å². The zero-order valence-electron chi connectivity index (χ0n) is 50.9. The van der Waals surface area contributed by atoms with Gasteiger partial charge in [-0.1, -0.05) is 237 Å². The number of unbranched alkanes of at least 4 members (excludes halogenated alkanes) is 37. The quantitative estimate of drug-likeness (QED) is 0.0228. The average Bonchev–Trinajstić information content (AvgIpc) is 3.46. The molecule has 6 unspecified atom stereocenters. The van der Waals surface area contributed by atoms with E-state index in [4.69, 9.17) is 23.7 Å². The van der Waals surface area contributed by atoms with Crippen LogP contribution in [0.3, 0.4) is 0 Å². The molecule has 12 heteroatoms. The second-order valence-corrected chi connectivity index (χ2v) is 22.7. The maximum Gasteiger partial charge on any atom is 0.335 e. The first kappa shape index (κ1) is 74.0. The molecular weight excluding hydrogens is 997 g/mol. The van der Waals surface area contributed by atoms with Crippen LogP contribution in [0.5, 0.6) is 0 Å². The van der Waals surface area contributed by atoms with Crippen molar-refractivity contribution in [2.24, 2.45) is 0 Å². The van der Waals surface area contributed by atoms with Crippen molar-refractivity contribution in [3.05, 3.63) is 36.5 Å². The van der Waals surface area contributed by atoms with Crippen molar-refractivity contribution in [3.8, 4) is 0 Å². The normalized spacial score (nSPS) is 18.0. The van der Waals surface area contributed by atoms with Crippen LogP contribution in [0.2, 0.25) is 0 Å². The number of aliphatic hydroxyl groups excluding tert-OH is 2. The number of esters is 3. The summed E-state index contributed by atoms with van der Waals surface area (Å²) in [6.07, 6.45) is 53.9. The maximum absolute atomic E-state index is 13.2. The fourth-order valence-electron chi connectivity index (χ4n) is 10.1. The summed E-state index contributed by atoms with van der Waals surface area (Å²) in [5.41, 5.74) is 0. The highest BCUT2D eigenvalue weighted by atomic mass is 16.7. The van der Waals surface area contributed by atoms with Gasteiger partial charge in [0.05, 0.1) is 6.61 Å². The fourth-order valence-corrected chi connectivity index (χ4v) is 10.1. The number of carbonyl (C=O) groups is 4. The Labute approximate surface area is 482 Å². The zero-order valence-corrected chi connectivity index (χ0v) is 50.9. The van der Waals surface area contributed by atoms with E-state index in [1.54, 1.807) is 0 Å². The molecule has 3 N–H and O–H groups in total. The van der Waals surface area contributed by atoms with Crippen LogP contribution >= 0.6 is 0 Å². The Morgan fingerprint density at radius 3 is 1.08 bits per heavy atom. The molecule has 0 radical (unpaired) electrons. The van der Waals surface area contributed by atoms with E-state index in [1.807, 2.05) is 0 Å². The third-order valence-electron chi connectivity index (χ3n) is 15.2. The molecule has 1 fully saturated rings. The number of hydrogen-bond acceptors (Lipinski definition) is 11. The highest BCUT2D eigenvalue weighted by Crippen LogP contribution is 2.27. The van der Waals surface area contributed by atoms with Crippen molar-refractivity contribution in [3.63, 3.8) is 0 Å². The van der Waals surface area contributed by atoms with Crippen LogP contribution in [0.15, 0.2) is 36.5 Å². The first-order chi connectivity index (χ1) is 38.6. The van der Waals surface area contributed by atoms with Gasteiger partial charge in [-0.3, -0.25) is 14.4 Å². The second kappa shape index (κ2) is 55.5. The Kier molecular flexibility index (Phi) is 51.9. The lowest BCUT2D eigenvalue weighted by molar-refractivity contribution is -0.301. The number of carbonyl (C=O) groups excluding carboxylic acids is 3. The summed E-state index contributed by atoms with van der Waals surface area (Å²) in [5, 5.41) is 31.6. The van der Waals surface area contributed by atoms with Crippen molar-refractivity contribution in [1.29, 1.82) is 0 Å². The van der Waals surface area contributed by atoms with Crippen molar-refractivity contribution in [1.82, 2.24) is 0 Å². The highest BCUT2D eigenvalue weighted by molar-refractivity contribution is 5.74. The largest absolute Gasteiger partial charge is 0.479 e. The monoisotopic (exact) mass is 1120 g/mol. The van der Waals surface area contributed by atoms with E-state index in [0.29, 0.717) is 19.3 Å². The first-order valence-electron chi connectivity index (χ1n) is 33.0. The third-order valence-corrected chi connectivity index (χ3v) is 15.2. The SMILES string of the molecule is CCCCCCCC/C=C\CCCCCCCCCCCC(=O)OCC(COC1OC(C(=O)O)C(O)C(O)C1OC(=O)CCCCCCC/C=C\CCCCCCCC)OC(=O)CCCCCCC/C=C\CCCCCCCC. The van der Waals surface area contributed by atoms with Gasteiger partial charge in [-0.25, -0.2) is 4.79 Å². The van der Waals surface area contributed by atoms with Crippen LogP contribution in [-0.4, -0.2) is 89.2 Å². The predicted molar refractivity (Wildman–Crippen MR) is 322 cm³/mol. The van der Waals surface area contributed by atoms with Crippen LogP contribution in [-0.2, 0) is 42.9 Å². The molecule has 0 spiro atoms. The molecule has 0 aromatic rings. The van der Waals surface area contributed by atoms with Crippen molar-refractivity contribution in [2.75, 3.05) is 13.2 Å². The van der Waals surface area contributed by atoms with Crippen molar-refractivity contribution >= 4 is 23.9 Å². The van der Waals surface area contributed by atoms with Gasteiger partial charge >= 0.3 is 23.9 Å². The van der Waals surface area contributed by atoms with Crippen LogP contribution in [0, 0.1) is 0 Å². The first-order valence-corrected chi connectivity index (χ1v) is 33.0. The molecule has 0 amide bonds. The number of carboxylic acid groups (broad SMARTS) is 1. The van der Waals surface area contributed by atoms with Crippen LogP contribution in [0.4, 0.5) is 0 Å². The molecule has 12 nitrogen and oxygen atoms in total. The summed E-state index contributed by atoms with van der Waals surface area (Å²) in [4.78, 5) is 51.3. The average molecular weight is 1120 g/mol. The van der Waals surface area contributed by atoms with E-state index in [2.05, 4.69) is 57.2 Å². The van der Waals surface area contributed by atoms with Crippen LogP contribution < -0.4 is 0 Å². The number of aliphatic hydroxyl groups is 2. The fraction of sp³-hybridized carbons (Fsp3) is 0.851. The number of ether oxygens (including phenoxy) is 5. The molecule has 1 aliphatic heterocycles. The number of allylic oxidation sites excluding steroid dienone is 6. The minimum absolute atomic E-state index is 0.0524. The predicted octanol–water partition coefficient (Wildman–Crippen LogP) is 17.6. The molecule has 0 aromatic heterocycles. The lowest BCUT2D eigenvalue weighted by Crippen LogP contribution is -2.61. The molecular formula is C67H120O12. The minimum atomic E-state index is -1.90. The topological polar surface area (TPSA) is 175 Å². The standard InChI is InChI=1S/C67H120O12/c1-4-7-10-13-16-19-22-25-28-29-30-31-34-35-38-41-44-47-50-53-59(68)75-56-58(77-60(69)54-51-48-45-42-39-36-32-26-23-20-17-14-11-8-5-2)57-76-67-65(63(72)62(71)64(79-67)66(73)74)78-61(70)55-52-49-46-43-40-37-33-27-24-21-18-15-12-9-6-3/h25-28,32-33,58,62-65,67,71-72H,4-24,29-31,34-57H2,1-3H3,(H,73,74)/b28-25-,32-26-,33-27-. The molecule has 6 atom stereocenters. The molecule has 460 valence electrons. The van der Waals surface area contributed by atoms with E-state index in [0.717, 1.165) is 96.3 Å². The summed E-state index contributed by atoms with van der Waals surface area (Å²) in [5.74, 6) is -3.11. The molecule has 0 bridgehead atoms. The minimum Gasteiger partial charge on any atom is -0.479 e. The van der Waals surface area contributed by atoms with E-state index >= 15 is 0 Å². The van der Waals surface area contributed by atoms with E-state index < -0.39 is 67.3 Å². The summed E-state index contributed by atoms with van der Waals surface area (Å²) >= 11 is 0. The van der Waals surface area contributed by atoms with Gasteiger partial charge in [0.2, 0.25) is 0 Å². The van der Waals surface area contributed by atoms with E-state index in [-0.39, 0.29) is 25.9 Å². The summed E-state index contributed by atoms with van der Waals surface area (Å²) in [7, 11) is 0. The van der Waals surface area contributed by atoms with Gasteiger partial charge in [-0.2, -0.15) is 0 Å². The molecule has 0 aliphatic carbocycles. The van der Waals surface area contributed by atoms with Crippen LogP contribution in [0.25, 0.3) is 0 Å². The van der Waals surface area contributed by atoms with Gasteiger partial charge < -0.3 is 39.0 Å². The maximum atomic E-state index is 13.2. The Morgan fingerprint density at radius 2 is 0.722 bits per heavy atom. The van der Waals surface area contributed by atoms with Gasteiger partial charge in [-0.15, -0.1) is 0 Å². The van der Waals surface area contributed by atoms with Crippen LogP contribution in [0.1, 0.15) is 316 Å². The number of aliphatic carboxylic acids is 1. The molecule has 1 rings (SSSR count). The molecule has 0 aromatic carbocycles. The van der Waals surface area contributed by atoms with E-state index in [9.17, 15) is 34.5 Å². The molecule has 0 saturated carbocycles. The Bertz CT molecular complexity index is 1510. The number of rotatable bonds is 57.